The number of aromatic carboxylic acids is 1. The molecule has 0 bridgehead atoms. The average Bonchev–Trinajstić information content (AvgIpc) is 2.66. The minimum Gasteiger partial charge on any atom is -0.478 e. The third-order valence-corrected chi connectivity index (χ3v) is 4.06. The average molecular weight is 289 g/mol. The van der Waals surface area contributed by atoms with Gasteiger partial charge in [-0.25, -0.2) is 4.79 Å². The molecule has 4 heteroatoms. The van der Waals surface area contributed by atoms with E-state index in [-0.39, 0.29) is 12.6 Å². The molecule has 2 N–H and O–H groups in total. The molecule has 0 aliphatic heterocycles. The molecule has 1 heterocycles. The second kappa shape index (κ2) is 5.90. The summed E-state index contributed by atoms with van der Waals surface area (Å²) in [6.45, 7) is 8.27. The van der Waals surface area contributed by atoms with E-state index in [2.05, 4.69) is 25.3 Å². The van der Waals surface area contributed by atoms with Gasteiger partial charge >= 0.3 is 5.97 Å². The molecule has 0 unspecified atom stereocenters. The summed E-state index contributed by atoms with van der Waals surface area (Å²) in [6.07, 6.45) is 1.53. The number of carboxylic acid groups (broad SMARTS) is 1. The van der Waals surface area contributed by atoms with Crippen LogP contribution in [0.1, 0.15) is 53.5 Å². The smallest absolute Gasteiger partial charge is 0.336 e. The second-order valence-corrected chi connectivity index (χ2v) is 5.84. The number of fused-ring (bicyclic) bond motifs is 1. The van der Waals surface area contributed by atoms with E-state index in [1.54, 1.807) is 6.07 Å². The van der Waals surface area contributed by atoms with Crippen LogP contribution in [0.4, 0.5) is 0 Å². The van der Waals surface area contributed by atoms with Crippen molar-refractivity contribution < 1.29 is 15.0 Å². The molecule has 4 nitrogen and oxygen atoms in total. The predicted molar refractivity (Wildman–Crippen MR) is 84.2 cm³/mol. The molecule has 114 valence electrons. The van der Waals surface area contributed by atoms with Crippen molar-refractivity contribution in [3.05, 3.63) is 34.5 Å². The first-order chi connectivity index (χ1) is 9.88. The van der Waals surface area contributed by atoms with Gasteiger partial charge in [0.05, 0.1) is 5.56 Å². The Kier molecular flexibility index (Phi) is 4.37. The molecule has 0 radical (unpaired) electrons. The van der Waals surface area contributed by atoms with Crippen molar-refractivity contribution in [3.8, 4) is 0 Å². The zero-order valence-electron chi connectivity index (χ0n) is 13.1. The van der Waals surface area contributed by atoms with Gasteiger partial charge in [0.25, 0.3) is 0 Å². The fraction of sp³-hybridized carbons (Fsp3) is 0.471. The Bertz CT molecular complexity index is 683. The van der Waals surface area contributed by atoms with Gasteiger partial charge < -0.3 is 14.8 Å². The molecule has 0 atom stereocenters. The summed E-state index contributed by atoms with van der Waals surface area (Å²) in [7, 11) is 0. The van der Waals surface area contributed by atoms with Crippen molar-refractivity contribution in [3.63, 3.8) is 0 Å². The molecule has 0 saturated heterocycles. The van der Waals surface area contributed by atoms with Crippen LogP contribution < -0.4 is 0 Å². The Balaban J connectivity index is 2.77. The van der Waals surface area contributed by atoms with Gasteiger partial charge in [-0.3, -0.25) is 0 Å². The summed E-state index contributed by atoms with van der Waals surface area (Å²) < 4.78 is 2.19. The lowest BCUT2D eigenvalue weighted by molar-refractivity contribution is 0.0696. The van der Waals surface area contributed by atoms with Gasteiger partial charge in [0, 0.05) is 29.2 Å². The molecule has 0 amide bonds. The summed E-state index contributed by atoms with van der Waals surface area (Å²) in [4.78, 5) is 11.4. The number of rotatable bonds is 5. The van der Waals surface area contributed by atoms with Gasteiger partial charge in [-0.1, -0.05) is 0 Å². The van der Waals surface area contributed by atoms with Crippen molar-refractivity contribution in [2.45, 2.75) is 46.6 Å². The first-order valence-electron chi connectivity index (χ1n) is 7.36. The van der Waals surface area contributed by atoms with Crippen LogP contribution in [-0.2, 0) is 6.42 Å². The quantitative estimate of drug-likeness (QED) is 0.886. The minimum atomic E-state index is -0.888. The topological polar surface area (TPSA) is 62.5 Å². The van der Waals surface area contributed by atoms with E-state index in [9.17, 15) is 9.90 Å². The highest BCUT2D eigenvalue weighted by molar-refractivity contribution is 5.97. The van der Waals surface area contributed by atoms with Crippen molar-refractivity contribution in [1.82, 2.24) is 4.57 Å². The lowest BCUT2D eigenvalue weighted by atomic mass is 10.0. The summed E-state index contributed by atoms with van der Waals surface area (Å²) in [5, 5.41) is 19.5. The summed E-state index contributed by atoms with van der Waals surface area (Å²) >= 11 is 0. The van der Waals surface area contributed by atoms with Gasteiger partial charge in [0.1, 0.15) is 0 Å². The standard InChI is InChI=1S/C17H23NO3/c1-10(2)18-12(4)13(6-5-7-19)15-8-11(3)14(17(20)21)9-16(15)18/h8-10,19H,5-7H2,1-4H3,(H,20,21). The van der Waals surface area contributed by atoms with Crippen LogP contribution in [0.2, 0.25) is 0 Å². The SMILES string of the molecule is Cc1cc2c(CCCO)c(C)n(C(C)C)c2cc1C(=O)O. The van der Waals surface area contributed by atoms with Crippen LogP contribution in [0, 0.1) is 13.8 Å². The number of aliphatic hydroxyl groups excluding tert-OH is 1. The highest BCUT2D eigenvalue weighted by atomic mass is 16.4. The van der Waals surface area contributed by atoms with Crippen molar-refractivity contribution in [1.29, 1.82) is 0 Å². The lowest BCUT2D eigenvalue weighted by Crippen LogP contribution is -2.05. The fourth-order valence-corrected chi connectivity index (χ4v) is 3.13. The molecule has 2 aromatic rings. The van der Waals surface area contributed by atoms with Crippen LogP contribution in [-0.4, -0.2) is 27.4 Å². The molecule has 21 heavy (non-hydrogen) atoms. The molecule has 1 aromatic heterocycles. The molecule has 0 fully saturated rings. The van der Waals surface area contributed by atoms with E-state index in [1.807, 2.05) is 13.0 Å². The van der Waals surface area contributed by atoms with Gasteiger partial charge in [0.2, 0.25) is 0 Å². The third kappa shape index (κ3) is 2.68. The van der Waals surface area contributed by atoms with Crippen molar-refractivity contribution in [2.75, 3.05) is 6.61 Å². The van der Waals surface area contributed by atoms with E-state index in [1.165, 1.54) is 5.56 Å². The summed E-state index contributed by atoms with van der Waals surface area (Å²) in [5.74, 6) is -0.888. The van der Waals surface area contributed by atoms with Crippen LogP contribution in [0.25, 0.3) is 10.9 Å². The van der Waals surface area contributed by atoms with Crippen LogP contribution in [0.3, 0.4) is 0 Å². The number of hydrogen-bond acceptors (Lipinski definition) is 2. The number of aromatic nitrogens is 1. The Labute approximate surface area is 125 Å². The Hall–Kier alpha value is -1.81. The van der Waals surface area contributed by atoms with Gasteiger partial charge in [-0.15, -0.1) is 0 Å². The van der Waals surface area contributed by atoms with Gasteiger partial charge in [-0.2, -0.15) is 0 Å². The molecular formula is C17H23NO3. The zero-order valence-corrected chi connectivity index (χ0v) is 13.1. The second-order valence-electron chi connectivity index (χ2n) is 5.84. The van der Waals surface area contributed by atoms with Crippen molar-refractivity contribution in [2.24, 2.45) is 0 Å². The minimum absolute atomic E-state index is 0.167. The van der Waals surface area contributed by atoms with Gasteiger partial charge in [-0.05, 0) is 63.8 Å². The van der Waals surface area contributed by atoms with Crippen LogP contribution in [0.5, 0.6) is 0 Å². The maximum atomic E-state index is 11.4. The molecule has 2 rings (SSSR count). The molecule has 0 aliphatic rings. The first-order valence-corrected chi connectivity index (χ1v) is 7.36. The Morgan fingerprint density at radius 1 is 1.29 bits per heavy atom. The van der Waals surface area contributed by atoms with E-state index >= 15 is 0 Å². The van der Waals surface area contributed by atoms with E-state index < -0.39 is 5.97 Å². The number of aliphatic hydroxyl groups is 1. The third-order valence-electron chi connectivity index (χ3n) is 4.06. The molecule has 0 spiro atoms. The monoisotopic (exact) mass is 289 g/mol. The first kappa shape index (κ1) is 15.6. The number of carbonyl (C=O) groups is 1. The van der Waals surface area contributed by atoms with E-state index in [0.717, 1.165) is 35.0 Å². The van der Waals surface area contributed by atoms with Gasteiger partial charge in [0.15, 0.2) is 0 Å². The molecule has 0 saturated carbocycles. The fourth-order valence-electron chi connectivity index (χ4n) is 3.13. The van der Waals surface area contributed by atoms with E-state index in [0.29, 0.717) is 5.56 Å². The lowest BCUT2D eigenvalue weighted by Gasteiger charge is -2.13. The van der Waals surface area contributed by atoms with Crippen LogP contribution in [0.15, 0.2) is 12.1 Å². The normalized spacial score (nSPS) is 11.5. The number of hydrogen-bond donors (Lipinski definition) is 2. The zero-order chi connectivity index (χ0) is 15.7. The molecule has 0 aliphatic carbocycles. The van der Waals surface area contributed by atoms with Crippen LogP contribution >= 0.6 is 0 Å². The molecule has 1 aromatic carbocycles. The predicted octanol–water partition coefficient (Wildman–Crippen LogP) is 3.46. The maximum absolute atomic E-state index is 11.4. The Morgan fingerprint density at radius 3 is 2.48 bits per heavy atom. The number of nitrogens with zero attached hydrogens (tertiary/aromatic N) is 1. The number of aryl methyl sites for hydroxylation is 2. The highest BCUT2D eigenvalue weighted by Gasteiger charge is 2.18. The number of benzene rings is 1. The van der Waals surface area contributed by atoms with Crippen molar-refractivity contribution >= 4 is 16.9 Å². The maximum Gasteiger partial charge on any atom is 0.336 e. The number of carboxylic acids is 1. The highest BCUT2D eigenvalue weighted by Crippen LogP contribution is 2.32. The summed E-state index contributed by atoms with van der Waals surface area (Å²) in [5.41, 5.74) is 4.48. The largest absolute Gasteiger partial charge is 0.478 e. The summed E-state index contributed by atoms with van der Waals surface area (Å²) in [6, 6.07) is 4.01. The molecular weight excluding hydrogens is 266 g/mol. The van der Waals surface area contributed by atoms with E-state index in [4.69, 9.17) is 5.11 Å². The Morgan fingerprint density at radius 2 is 1.95 bits per heavy atom.